The summed E-state index contributed by atoms with van der Waals surface area (Å²) in [4.78, 5) is 0. The fourth-order valence-corrected chi connectivity index (χ4v) is 2.57. The summed E-state index contributed by atoms with van der Waals surface area (Å²) in [5.41, 5.74) is 2.95. The number of nitrogens with one attached hydrogen (secondary N) is 1. The van der Waals surface area contributed by atoms with E-state index in [1.54, 1.807) is 7.11 Å². The van der Waals surface area contributed by atoms with E-state index in [9.17, 15) is 0 Å². The summed E-state index contributed by atoms with van der Waals surface area (Å²) in [6, 6.07) is 18.4. The molecule has 1 N–H and O–H groups in total. The van der Waals surface area contributed by atoms with Gasteiger partial charge >= 0.3 is 0 Å². The molecule has 0 bridgehead atoms. The Balaban J connectivity index is 1.82. The lowest BCUT2D eigenvalue weighted by Gasteiger charge is -2.20. The Hall–Kier alpha value is -2.47. The van der Waals surface area contributed by atoms with E-state index in [-0.39, 0.29) is 0 Å². The number of hydrogen-bond donors (Lipinski definition) is 1. The van der Waals surface area contributed by atoms with Crippen molar-refractivity contribution in [2.24, 2.45) is 5.92 Å². The normalized spacial score (nSPS) is 15.0. The average Bonchev–Trinajstić information content (AvgIpc) is 3.38. The standard InChI is InChI=1S/C18H18N2O/c1-21-17-9-7-15(8-10-17)18(14-5-6-14)20-16-4-2-3-13(11-16)12-19/h2-4,7-11,14,18,20H,5-6H2,1H3. The minimum atomic E-state index is 0.296. The number of hydrogen-bond acceptors (Lipinski definition) is 3. The number of methoxy groups -OCH3 is 1. The van der Waals surface area contributed by atoms with Gasteiger partial charge in [-0.1, -0.05) is 18.2 Å². The number of rotatable bonds is 5. The van der Waals surface area contributed by atoms with Crippen molar-refractivity contribution in [3.05, 3.63) is 59.7 Å². The van der Waals surface area contributed by atoms with Gasteiger partial charge in [-0.05, 0) is 54.7 Å². The summed E-state index contributed by atoms with van der Waals surface area (Å²) < 4.78 is 5.22. The molecule has 0 radical (unpaired) electrons. The van der Waals surface area contributed by atoms with E-state index in [0.717, 1.165) is 11.4 Å². The third-order valence-electron chi connectivity index (χ3n) is 3.88. The molecule has 0 heterocycles. The topological polar surface area (TPSA) is 45.0 Å². The molecule has 3 heteroatoms. The zero-order valence-electron chi connectivity index (χ0n) is 12.0. The zero-order valence-corrected chi connectivity index (χ0v) is 12.0. The third-order valence-corrected chi connectivity index (χ3v) is 3.88. The van der Waals surface area contributed by atoms with Gasteiger partial charge in [-0.25, -0.2) is 0 Å². The first-order valence-corrected chi connectivity index (χ1v) is 7.21. The molecule has 0 spiro atoms. The fraction of sp³-hybridized carbons (Fsp3) is 0.278. The molecular weight excluding hydrogens is 260 g/mol. The van der Waals surface area contributed by atoms with E-state index in [0.29, 0.717) is 17.5 Å². The molecule has 1 saturated carbocycles. The molecule has 3 nitrogen and oxygen atoms in total. The summed E-state index contributed by atoms with van der Waals surface area (Å²) in [5.74, 6) is 1.55. The number of anilines is 1. The summed E-state index contributed by atoms with van der Waals surface area (Å²) in [5, 5.41) is 12.6. The Morgan fingerprint density at radius 3 is 2.57 bits per heavy atom. The molecule has 1 fully saturated rings. The van der Waals surface area contributed by atoms with Crippen LogP contribution >= 0.6 is 0 Å². The van der Waals surface area contributed by atoms with Crippen LogP contribution < -0.4 is 10.1 Å². The molecule has 1 unspecified atom stereocenters. The van der Waals surface area contributed by atoms with Gasteiger partial charge in [0.15, 0.2) is 0 Å². The Morgan fingerprint density at radius 1 is 1.19 bits per heavy atom. The highest BCUT2D eigenvalue weighted by Crippen LogP contribution is 2.43. The van der Waals surface area contributed by atoms with Gasteiger partial charge in [-0.2, -0.15) is 5.26 Å². The lowest BCUT2D eigenvalue weighted by atomic mass is 10.0. The van der Waals surface area contributed by atoms with Gasteiger partial charge in [0.25, 0.3) is 0 Å². The Morgan fingerprint density at radius 2 is 1.95 bits per heavy atom. The van der Waals surface area contributed by atoms with Gasteiger partial charge in [0, 0.05) is 5.69 Å². The van der Waals surface area contributed by atoms with Crippen LogP contribution in [-0.2, 0) is 0 Å². The van der Waals surface area contributed by atoms with E-state index >= 15 is 0 Å². The van der Waals surface area contributed by atoms with Crippen molar-refractivity contribution >= 4 is 5.69 Å². The molecule has 3 rings (SSSR count). The van der Waals surface area contributed by atoms with Crippen molar-refractivity contribution in [3.63, 3.8) is 0 Å². The first-order chi connectivity index (χ1) is 10.3. The second-order valence-electron chi connectivity index (χ2n) is 5.43. The quantitative estimate of drug-likeness (QED) is 0.894. The van der Waals surface area contributed by atoms with Crippen LogP contribution in [0.25, 0.3) is 0 Å². The molecule has 2 aromatic rings. The van der Waals surface area contributed by atoms with E-state index in [1.165, 1.54) is 18.4 Å². The van der Waals surface area contributed by atoms with Crippen molar-refractivity contribution in [1.29, 1.82) is 5.26 Å². The fourth-order valence-electron chi connectivity index (χ4n) is 2.57. The van der Waals surface area contributed by atoms with Crippen LogP contribution in [0.3, 0.4) is 0 Å². The second-order valence-corrected chi connectivity index (χ2v) is 5.43. The number of nitrogens with zero attached hydrogens (tertiary/aromatic N) is 1. The molecule has 1 aliphatic carbocycles. The highest BCUT2D eigenvalue weighted by atomic mass is 16.5. The maximum atomic E-state index is 9.00. The molecular formula is C18H18N2O. The summed E-state index contributed by atoms with van der Waals surface area (Å²) in [7, 11) is 1.68. The lowest BCUT2D eigenvalue weighted by Crippen LogP contribution is -2.12. The zero-order chi connectivity index (χ0) is 14.7. The van der Waals surface area contributed by atoms with Gasteiger partial charge in [0.1, 0.15) is 5.75 Å². The Labute approximate surface area is 125 Å². The van der Waals surface area contributed by atoms with Crippen molar-refractivity contribution < 1.29 is 4.74 Å². The van der Waals surface area contributed by atoms with E-state index < -0.39 is 0 Å². The predicted octanol–water partition coefficient (Wildman–Crippen LogP) is 4.13. The molecule has 0 aliphatic heterocycles. The SMILES string of the molecule is COc1ccc(C(Nc2cccc(C#N)c2)C2CC2)cc1. The van der Waals surface area contributed by atoms with Crippen LogP contribution in [0.4, 0.5) is 5.69 Å². The summed E-state index contributed by atoms with van der Waals surface area (Å²) in [6.07, 6.45) is 2.50. The molecule has 21 heavy (non-hydrogen) atoms. The van der Waals surface area contributed by atoms with Crippen LogP contribution in [-0.4, -0.2) is 7.11 Å². The van der Waals surface area contributed by atoms with Crippen LogP contribution in [0, 0.1) is 17.2 Å². The van der Waals surface area contributed by atoms with Gasteiger partial charge in [0.05, 0.1) is 24.8 Å². The van der Waals surface area contributed by atoms with Crippen LogP contribution in [0.1, 0.15) is 30.0 Å². The van der Waals surface area contributed by atoms with Gasteiger partial charge in [-0.15, -0.1) is 0 Å². The molecule has 106 valence electrons. The number of benzene rings is 2. The predicted molar refractivity (Wildman–Crippen MR) is 83.2 cm³/mol. The van der Waals surface area contributed by atoms with Crippen LogP contribution in [0.5, 0.6) is 5.75 Å². The van der Waals surface area contributed by atoms with Crippen molar-refractivity contribution in [3.8, 4) is 11.8 Å². The summed E-state index contributed by atoms with van der Waals surface area (Å²) >= 11 is 0. The monoisotopic (exact) mass is 278 g/mol. The third kappa shape index (κ3) is 3.17. The highest BCUT2D eigenvalue weighted by molar-refractivity contribution is 5.51. The maximum absolute atomic E-state index is 9.00. The molecule has 0 aromatic heterocycles. The van der Waals surface area contributed by atoms with E-state index in [2.05, 4.69) is 23.5 Å². The van der Waals surface area contributed by atoms with Gasteiger partial charge in [-0.3, -0.25) is 0 Å². The smallest absolute Gasteiger partial charge is 0.118 e. The second kappa shape index (κ2) is 5.88. The molecule has 2 aromatic carbocycles. The average molecular weight is 278 g/mol. The van der Waals surface area contributed by atoms with Crippen LogP contribution in [0.15, 0.2) is 48.5 Å². The van der Waals surface area contributed by atoms with Crippen molar-refractivity contribution in [1.82, 2.24) is 0 Å². The molecule has 0 saturated heterocycles. The van der Waals surface area contributed by atoms with E-state index in [4.69, 9.17) is 10.00 Å². The largest absolute Gasteiger partial charge is 0.497 e. The minimum Gasteiger partial charge on any atom is -0.497 e. The Bertz CT molecular complexity index is 654. The molecule has 1 atom stereocenters. The summed E-state index contributed by atoms with van der Waals surface area (Å²) in [6.45, 7) is 0. The number of nitriles is 1. The Kier molecular flexibility index (Phi) is 3.79. The highest BCUT2D eigenvalue weighted by Gasteiger charge is 2.32. The van der Waals surface area contributed by atoms with Crippen LogP contribution in [0.2, 0.25) is 0 Å². The first-order valence-electron chi connectivity index (χ1n) is 7.21. The molecule has 1 aliphatic rings. The molecule has 0 amide bonds. The lowest BCUT2D eigenvalue weighted by molar-refractivity contribution is 0.414. The van der Waals surface area contributed by atoms with Crippen molar-refractivity contribution in [2.45, 2.75) is 18.9 Å². The van der Waals surface area contributed by atoms with Gasteiger partial charge < -0.3 is 10.1 Å². The first kappa shape index (κ1) is 13.5. The van der Waals surface area contributed by atoms with Crippen molar-refractivity contribution in [2.75, 3.05) is 12.4 Å². The van der Waals surface area contributed by atoms with Gasteiger partial charge in [0.2, 0.25) is 0 Å². The number of ether oxygens (including phenoxy) is 1. The maximum Gasteiger partial charge on any atom is 0.118 e. The minimum absolute atomic E-state index is 0.296. The van der Waals surface area contributed by atoms with E-state index in [1.807, 2.05) is 36.4 Å².